The van der Waals surface area contributed by atoms with E-state index in [1.807, 2.05) is 18.2 Å². The predicted molar refractivity (Wildman–Crippen MR) is 94.7 cm³/mol. The third-order valence-corrected chi connectivity index (χ3v) is 3.80. The number of anilines is 1. The average Bonchev–Trinajstić information content (AvgIpc) is 2.62. The number of ketones is 1. The molecule has 0 aliphatic rings. The van der Waals surface area contributed by atoms with E-state index in [4.69, 9.17) is 11.5 Å². The molecule has 4 heteroatoms. The Bertz CT molecular complexity index is 898. The molecule has 4 N–H and O–H groups in total. The van der Waals surface area contributed by atoms with Gasteiger partial charge in [0.2, 0.25) is 5.91 Å². The zero-order chi connectivity index (χ0) is 17.1. The molecule has 24 heavy (non-hydrogen) atoms. The summed E-state index contributed by atoms with van der Waals surface area (Å²) in [6.07, 6.45) is 0. The normalized spacial score (nSPS) is 10.3. The predicted octanol–water partition coefficient (Wildman–Crippen LogP) is 3.27. The lowest BCUT2D eigenvalue weighted by atomic mass is 9.98. The van der Waals surface area contributed by atoms with Crippen molar-refractivity contribution in [2.75, 3.05) is 5.73 Å². The van der Waals surface area contributed by atoms with Gasteiger partial charge in [0, 0.05) is 22.4 Å². The van der Waals surface area contributed by atoms with Crippen molar-refractivity contribution < 1.29 is 9.59 Å². The number of amides is 1. The van der Waals surface area contributed by atoms with E-state index < -0.39 is 5.91 Å². The second kappa shape index (κ2) is 6.38. The van der Waals surface area contributed by atoms with E-state index in [0.29, 0.717) is 22.4 Å². The molecular weight excluding hydrogens is 300 g/mol. The molecule has 0 spiro atoms. The molecule has 3 rings (SSSR count). The largest absolute Gasteiger partial charge is 0.399 e. The van der Waals surface area contributed by atoms with Gasteiger partial charge in [0.1, 0.15) is 0 Å². The third-order valence-electron chi connectivity index (χ3n) is 3.80. The van der Waals surface area contributed by atoms with E-state index in [1.165, 1.54) is 0 Å². The van der Waals surface area contributed by atoms with Gasteiger partial charge in [-0.25, -0.2) is 0 Å². The van der Waals surface area contributed by atoms with Crippen LogP contribution in [0.2, 0.25) is 0 Å². The van der Waals surface area contributed by atoms with Gasteiger partial charge in [0.05, 0.1) is 0 Å². The molecule has 118 valence electrons. The summed E-state index contributed by atoms with van der Waals surface area (Å²) in [5.74, 6) is -0.528. The monoisotopic (exact) mass is 316 g/mol. The minimum atomic E-state index is -0.466. The molecule has 0 radical (unpaired) electrons. The summed E-state index contributed by atoms with van der Waals surface area (Å²) in [5, 5.41) is 0. The Kier molecular flexibility index (Phi) is 4.12. The maximum absolute atomic E-state index is 12.4. The van der Waals surface area contributed by atoms with Crippen LogP contribution in [0, 0.1) is 0 Å². The number of primary amides is 1. The summed E-state index contributed by atoms with van der Waals surface area (Å²) in [5.41, 5.74) is 15.0. The van der Waals surface area contributed by atoms with Crippen LogP contribution in [0.15, 0.2) is 72.8 Å². The van der Waals surface area contributed by atoms with Crippen LogP contribution in [-0.4, -0.2) is 11.7 Å². The fraction of sp³-hybridized carbons (Fsp3) is 0. The van der Waals surface area contributed by atoms with Crippen molar-refractivity contribution in [3.05, 3.63) is 89.5 Å². The van der Waals surface area contributed by atoms with Gasteiger partial charge < -0.3 is 11.5 Å². The lowest BCUT2D eigenvalue weighted by Gasteiger charge is -2.06. The van der Waals surface area contributed by atoms with Crippen LogP contribution in [0.25, 0.3) is 11.1 Å². The second-order valence-corrected chi connectivity index (χ2v) is 5.47. The van der Waals surface area contributed by atoms with Crippen LogP contribution in [-0.2, 0) is 0 Å². The first kappa shape index (κ1) is 15.5. The molecule has 0 aliphatic heterocycles. The van der Waals surface area contributed by atoms with Gasteiger partial charge in [-0.05, 0) is 47.5 Å². The summed E-state index contributed by atoms with van der Waals surface area (Å²) < 4.78 is 0. The van der Waals surface area contributed by atoms with Crippen molar-refractivity contribution in [3.8, 4) is 11.1 Å². The maximum atomic E-state index is 12.4. The first-order valence-corrected chi connectivity index (χ1v) is 7.45. The molecule has 3 aromatic rings. The highest BCUT2D eigenvalue weighted by Gasteiger charge is 2.09. The van der Waals surface area contributed by atoms with E-state index in [2.05, 4.69) is 0 Å². The molecular formula is C20H16N2O2. The van der Waals surface area contributed by atoms with Gasteiger partial charge in [0.25, 0.3) is 0 Å². The van der Waals surface area contributed by atoms with E-state index in [-0.39, 0.29) is 5.78 Å². The van der Waals surface area contributed by atoms with E-state index in [1.54, 1.807) is 54.6 Å². The van der Waals surface area contributed by atoms with E-state index in [9.17, 15) is 9.59 Å². The molecule has 3 aromatic carbocycles. The molecule has 0 fully saturated rings. The molecule has 0 saturated heterocycles. The van der Waals surface area contributed by atoms with Crippen LogP contribution in [0.3, 0.4) is 0 Å². The average molecular weight is 316 g/mol. The van der Waals surface area contributed by atoms with Crippen LogP contribution < -0.4 is 11.5 Å². The molecule has 0 aromatic heterocycles. The Morgan fingerprint density at radius 1 is 0.667 bits per heavy atom. The van der Waals surface area contributed by atoms with Crippen molar-refractivity contribution in [2.24, 2.45) is 5.73 Å². The minimum absolute atomic E-state index is 0.0626. The van der Waals surface area contributed by atoms with Gasteiger partial charge in [-0.2, -0.15) is 0 Å². The zero-order valence-corrected chi connectivity index (χ0v) is 12.9. The molecule has 0 aliphatic carbocycles. The van der Waals surface area contributed by atoms with Crippen LogP contribution in [0.5, 0.6) is 0 Å². The first-order valence-electron chi connectivity index (χ1n) is 7.45. The zero-order valence-electron chi connectivity index (χ0n) is 12.9. The van der Waals surface area contributed by atoms with Gasteiger partial charge in [-0.15, -0.1) is 0 Å². The minimum Gasteiger partial charge on any atom is -0.399 e. The molecule has 0 atom stereocenters. The smallest absolute Gasteiger partial charge is 0.248 e. The Hall–Kier alpha value is -3.40. The van der Waals surface area contributed by atoms with Crippen molar-refractivity contribution in [2.45, 2.75) is 0 Å². The van der Waals surface area contributed by atoms with E-state index >= 15 is 0 Å². The fourth-order valence-corrected chi connectivity index (χ4v) is 2.47. The number of carbonyl (C=O) groups is 2. The summed E-state index contributed by atoms with van der Waals surface area (Å²) >= 11 is 0. The fourth-order valence-electron chi connectivity index (χ4n) is 2.47. The summed E-state index contributed by atoms with van der Waals surface area (Å²) in [6.45, 7) is 0. The van der Waals surface area contributed by atoms with Crippen molar-refractivity contribution >= 4 is 17.4 Å². The van der Waals surface area contributed by atoms with Crippen molar-refractivity contribution in [1.29, 1.82) is 0 Å². The quantitative estimate of drug-likeness (QED) is 0.572. The topological polar surface area (TPSA) is 86.2 Å². The lowest BCUT2D eigenvalue weighted by molar-refractivity contribution is 0.0998. The second-order valence-electron chi connectivity index (χ2n) is 5.47. The lowest BCUT2D eigenvalue weighted by Crippen LogP contribution is -2.10. The molecule has 1 amide bonds. The number of rotatable bonds is 4. The van der Waals surface area contributed by atoms with Crippen molar-refractivity contribution in [1.82, 2.24) is 0 Å². The molecule has 0 saturated carbocycles. The summed E-state index contributed by atoms with van der Waals surface area (Å²) in [7, 11) is 0. The number of hydrogen-bond acceptors (Lipinski definition) is 3. The number of hydrogen-bond donors (Lipinski definition) is 2. The summed E-state index contributed by atoms with van der Waals surface area (Å²) in [6, 6.07) is 21.2. The van der Waals surface area contributed by atoms with Gasteiger partial charge in [0.15, 0.2) is 5.78 Å². The van der Waals surface area contributed by atoms with Gasteiger partial charge in [-0.3, -0.25) is 9.59 Å². The molecule has 0 bridgehead atoms. The number of benzene rings is 3. The molecule has 0 unspecified atom stereocenters. The molecule has 0 heterocycles. The Balaban J connectivity index is 1.88. The first-order chi connectivity index (χ1) is 11.5. The maximum Gasteiger partial charge on any atom is 0.248 e. The van der Waals surface area contributed by atoms with Crippen LogP contribution >= 0.6 is 0 Å². The Labute approximate surface area is 139 Å². The van der Waals surface area contributed by atoms with Gasteiger partial charge >= 0.3 is 0 Å². The number of nitrogens with two attached hydrogens (primary N) is 2. The van der Waals surface area contributed by atoms with Gasteiger partial charge in [-0.1, -0.05) is 36.4 Å². The van der Waals surface area contributed by atoms with Crippen molar-refractivity contribution in [3.63, 3.8) is 0 Å². The molecule has 4 nitrogen and oxygen atoms in total. The standard InChI is InChI=1S/C20H16N2O2/c21-18-10-8-15(9-11-18)19(23)14-6-4-13(5-7-14)16-2-1-3-17(12-16)20(22)24/h1-12H,21H2,(H2,22,24). The third kappa shape index (κ3) is 3.17. The number of carbonyl (C=O) groups excluding carboxylic acids is 2. The highest BCUT2D eigenvalue weighted by Crippen LogP contribution is 2.22. The highest BCUT2D eigenvalue weighted by molar-refractivity contribution is 6.09. The Morgan fingerprint density at radius 2 is 1.25 bits per heavy atom. The summed E-state index contributed by atoms with van der Waals surface area (Å²) in [4.78, 5) is 23.7. The van der Waals surface area contributed by atoms with Crippen LogP contribution in [0.1, 0.15) is 26.3 Å². The highest BCUT2D eigenvalue weighted by atomic mass is 16.1. The SMILES string of the molecule is NC(=O)c1cccc(-c2ccc(C(=O)c3ccc(N)cc3)cc2)c1. The van der Waals surface area contributed by atoms with E-state index in [0.717, 1.165) is 11.1 Å². The van der Waals surface area contributed by atoms with Crippen LogP contribution in [0.4, 0.5) is 5.69 Å². The number of nitrogen functional groups attached to an aromatic ring is 1. The Morgan fingerprint density at radius 3 is 1.83 bits per heavy atom.